The van der Waals surface area contributed by atoms with Crippen molar-refractivity contribution in [2.24, 2.45) is 5.92 Å². The standard InChI is InChI=1S/C31H59NO6S2Si2/c1-11-41(12-2,13-3)36-22-25(7)18-17-19-31(24-35-40(10,33)34)30(37-31)21-29(38-42(14-4,15-5)16-6)26(8)20-28-23-39-27(9)32-28/h20,23,25,29-30H,11-19,21-22,24H2,1-10H3/t25-,29-,30-,31-/m0/s1. The summed E-state index contributed by atoms with van der Waals surface area (Å²) < 4.78 is 49.3. The van der Waals surface area contributed by atoms with E-state index in [1.165, 1.54) is 0 Å². The van der Waals surface area contributed by atoms with Crippen LogP contribution in [-0.4, -0.2) is 67.3 Å². The van der Waals surface area contributed by atoms with Crippen molar-refractivity contribution in [3.8, 4) is 0 Å². The molecular formula is C31H59NO6S2Si2. The summed E-state index contributed by atoms with van der Waals surface area (Å²) in [5.41, 5.74) is 1.50. The Morgan fingerprint density at radius 2 is 1.69 bits per heavy atom. The van der Waals surface area contributed by atoms with E-state index in [0.717, 1.165) is 84.7 Å². The van der Waals surface area contributed by atoms with Gasteiger partial charge in [-0.3, -0.25) is 4.18 Å². The molecule has 0 spiro atoms. The van der Waals surface area contributed by atoms with Crippen LogP contribution in [0.15, 0.2) is 11.0 Å². The Labute approximate surface area is 263 Å². The highest BCUT2D eigenvalue weighted by molar-refractivity contribution is 7.86. The van der Waals surface area contributed by atoms with Gasteiger partial charge in [0.2, 0.25) is 0 Å². The first kappa shape index (κ1) is 37.8. The van der Waals surface area contributed by atoms with E-state index >= 15 is 0 Å². The molecule has 42 heavy (non-hydrogen) atoms. The summed E-state index contributed by atoms with van der Waals surface area (Å²) in [5.74, 6) is 0.444. The van der Waals surface area contributed by atoms with Crippen molar-refractivity contribution in [2.45, 2.75) is 142 Å². The molecule has 2 rings (SSSR count). The third-order valence-corrected chi connectivity index (χ3v) is 20.2. The second-order valence-electron chi connectivity index (χ2n) is 12.5. The fourth-order valence-corrected chi connectivity index (χ4v) is 12.6. The Kier molecular flexibility index (Phi) is 15.1. The summed E-state index contributed by atoms with van der Waals surface area (Å²) in [5, 5.41) is 3.12. The van der Waals surface area contributed by atoms with E-state index in [1.807, 2.05) is 6.92 Å². The van der Waals surface area contributed by atoms with E-state index in [0.29, 0.717) is 12.3 Å². The molecule has 0 aliphatic carbocycles. The van der Waals surface area contributed by atoms with Crippen molar-refractivity contribution in [2.75, 3.05) is 19.5 Å². The normalized spacial score (nSPS) is 21.5. The van der Waals surface area contributed by atoms with Crippen LogP contribution in [0.25, 0.3) is 6.08 Å². The van der Waals surface area contributed by atoms with Gasteiger partial charge in [0.1, 0.15) is 5.60 Å². The molecule has 0 radical (unpaired) electrons. The first-order chi connectivity index (χ1) is 19.7. The first-order valence-corrected chi connectivity index (χ1v) is 23.9. The highest BCUT2D eigenvalue weighted by Crippen LogP contribution is 2.46. The molecular weight excluding hydrogens is 603 g/mol. The quantitative estimate of drug-likeness (QED) is 0.0699. The number of thiazole rings is 1. The van der Waals surface area contributed by atoms with Crippen LogP contribution in [-0.2, 0) is 27.9 Å². The van der Waals surface area contributed by atoms with Crippen LogP contribution in [0, 0.1) is 12.8 Å². The fourth-order valence-electron chi connectivity index (χ4n) is 5.94. The van der Waals surface area contributed by atoms with Gasteiger partial charge >= 0.3 is 0 Å². The number of rotatable bonds is 22. The van der Waals surface area contributed by atoms with Gasteiger partial charge in [0.05, 0.1) is 35.8 Å². The summed E-state index contributed by atoms with van der Waals surface area (Å²) in [6.45, 7) is 20.8. The minimum atomic E-state index is -3.58. The molecule has 1 aromatic heterocycles. The molecule has 1 aliphatic rings. The second kappa shape index (κ2) is 16.8. The lowest BCUT2D eigenvalue weighted by atomic mass is 9.92. The van der Waals surface area contributed by atoms with Crippen molar-refractivity contribution in [3.63, 3.8) is 0 Å². The number of hydrogen-bond acceptors (Lipinski definition) is 8. The molecule has 11 heteroatoms. The maximum Gasteiger partial charge on any atom is 0.264 e. The molecule has 244 valence electrons. The van der Waals surface area contributed by atoms with Gasteiger partial charge in [-0.2, -0.15) is 8.42 Å². The van der Waals surface area contributed by atoms with Crippen molar-refractivity contribution in [1.82, 2.24) is 4.98 Å². The maximum atomic E-state index is 12.0. The Morgan fingerprint density at radius 1 is 1.10 bits per heavy atom. The minimum Gasteiger partial charge on any atom is -0.417 e. The molecule has 0 saturated carbocycles. The van der Waals surface area contributed by atoms with Crippen LogP contribution in [0.2, 0.25) is 36.3 Å². The van der Waals surface area contributed by atoms with Gasteiger partial charge in [-0.1, -0.05) is 54.9 Å². The summed E-state index contributed by atoms with van der Waals surface area (Å²) in [4.78, 5) is 4.65. The third-order valence-electron chi connectivity index (χ3n) is 9.60. The number of nitrogens with zero attached hydrogens (tertiary/aromatic N) is 1. The molecule has 2 heterocycles. The van der Waals surface area contributed by atoms with Crippen molar-refractivity contribution in [3.05, 3.63) is 21.7 Å². The average molecular weight is 662 g/mol. The fraction of sp³-hybridized carbons (Fsp3) is 0.839. The molecule has 1 saturated heterocycles. The molecule has 1 aromatic rings. The van der Waals surface area contributed by atoms with Crippen LogP contribution in [0.1, 0.15) is 91.8 Å². The SMILES string of the molecule is CC[Si](CC)(CC)OC[C@@H](C)CCC[C@@]1(COS(C)(=O)=O)O[C@H]1C[C@H](O[Si](CC)(CC)CC)C(C)=Cc1csc(C)n1. The highest BCUT2D eigenvalue weighted by Gasteiger charge is 2.57. The Bertz CT molecular complexity index is 1070. The number of hydrogen-bond donors (Lipinski definition) is 0. The lowest BCUT2D eigenvalue weighted by Gasteiger charge is -2.34. The monoisotopic (exact) mass is 661 g/mol. The molecule has 0 bridgehead atoms. The predicted octanol–water partition coefficient (Wildman–Crippen LogP) is 8.58. The number of aromatic nitrogens is 1. The van der Waals surface area contributed by atoms with Crippen molar-refractivity contribution in [1.29, 1.82) is 0 Å². The van der Waals surface area contributed by atoms with E-state index in [9.17, 15) is 8.42 Å². The minimum absolute atomic E-state index is 0.0532. The molecule has 0 N–H and O–H groups in total. The zero-order valence-electron chi connectivity index (χ0n) is 28.1. The van der Waals surface area contributed by atoms with Gasteiger partial charge < -0.3 is 13.6 Å². The lowest BCUT2D eigenvalue weighted by molar-refractivity contribution is 0.173. The zero-order chi connectivity index (χ0) is 31.6. The van der Waals surface area contributed by atoms with Crippen LogP contribution in [0.3, 0.4) is 0 Å². The largest absolute Gasteiger partial charge is 0.417 e. The van der Waals surface area contributed by atoms with E-state index in [1.54, 1.807) is 11.3 Å². The number of ether oxygens (including phenoxy) is 1. The molecule has 4 atom stereocenters. The maximum absolute atomic E-state index is 12.0. The van der Waals surface area contributed by atoms with Crippen LogP contribution in [0.5, 0.6) is 0 Å². The number of epoxide rings is 1. The Morgan fingerprint density at radius 3 is 2.19 bits per heavy atom. The molecule has 0 amide bonds. The topological polar surface area (TPSA) is 87.2 Å². The van der Waals surface area contributed by atoms with Gasteiger partial charge in [-0.05, 0) is 80.5 Å². The van der Waals surface area contributed by atoms with Gasteiger partial charge in [0.25, 0.3) is 10.1 Å². The van der Waals surface area contributed by atoms with Crippen molar-refractivity contribution < 1.29 is 26.2 Å². The van der Waals surface area contributed by atoms with Gasteiger partial charge in [0, 0.05) is 18.4 Å². The smallest absolute Gasteiger partial charge is 0.264 e. The van der Waals surface area contributed by atoms with Gasteiger partial charge in [0.15, 0.2) is 16.6 Å². The van der Waals surface area contributed by atoms with E-state index in [-0.39, 0.29) is 18.8 Å². The molecule has 0 aromatic carbocycles. The summed E-state index contributed by atoms with van der Waals surface area (Å²) in [7, 11) is -7.10. The number of aryl methyl sites for hydroxylation is 1. The molecule has 1 aliphatic heterocycles. The lowest BCUT2D eigenvalue weighted by Crippen LogP contribution is -2.41. The Hall–Kier alpha value is -0.406. The van der Waals surface area contributed by atoms with Crippen LogP contribution < -0.4 is 0 Å². The second-order valence-corrected chi connectivity index (χ2v) is 24.7. The van der Waals surface area contributed by atoms with Crippen LogP contribution in [0.4, 0.5) is 0 Å². The third kappa shape index (κ3) is 11.2. The van der Waals surface area contributed by atoms with E-state index < -0.39 is 32.4 Å². The van der Waals surface area contributed by atoms with Crippen LogP contribution >= 0.6 is 11.3 Å². The van der Waals surface area contributed by atoms with E-state index in [2.05, 4.69) is 71.8 Å². The van der Waals surface area contributed by atoms with E-state index in [4.69, 9.17) is 17.8 Å². The molecule has 1 fully saturated rings. The Balaban J connectivity index is 2.17. The first-order valence-electron chi connectivity index (χ1n) is 16.2. The average Bonchev–Trinajstić information content (AvgIpc) is 3.48. The zero-order valence-corrected chi connectivity index (χ0v) is 31.7. The molecule has 7 nitrogen and oxygen atoms in total. The van der Waals surface area contributed by atoms with Gasteiger partial charge in [-0.15, -0.1) is 11.3 Å². The van der Waals surface area contributed by atoms with Gasteiger partial charge in [-0.25, -0.2) is 4.98 Å². The summed E-state index contributed by atoms with van der Waals surface area (Å²) in [6.07, 6.45) is 6.42. The predicted molar refractivity (Wildman–Crippen MR) is 182 cm³/mol. The molecule has 0 unspecified atom stereocenters. The summed E-state index contributed by atoms with van der Waals surface area (Å²) >= 11 is 1.65. The highest BCUT2D eigenvalue weighted by atomic mass is 32.2. The van der Waals surface area contributed by atoms with Crippen molar-refractivity contribution >= 4 is 44.2 Å². The summed E-state index contributed by atoms with van der Waals surface area (Å²) in [6, 6.07) is 6.66.